The predicted molar refractivity (Wildman–Crippen MR) is 68.5 cm³/mol. The molecule has 1 saturated heterocycles. The summed E-state index contributed by atoms with van der Waals surface area (Å²) in [4.78, 5) is 22.8. The largest absolute Gasteiger partial charge is 0.359 e. The minimum Gasteiger partial charge on any atom is -0.359 e. The van der Waals surface area contributed by atoms with Gasteiger partial charge in [-0.3, -0.25) is 14.9 Å². The van der Waals surface area contributed by atoms with Gasteiger partial charge in [0.25, 0.3) is 5.91 Å². The highest BCUT2D eigenvalue weighted by Crippen LogP contribution is 2.28. The summed E-state index contributed by atoms with van der Waals surface area (Å²) in [6.07, 6.45) is 0. The Hall–Kier alpha value is -1.99. The number of aliphatic hydroxyl groups is 1. The van der Waals surface area contributed by atoms with Gasteiger partial charge in [-0.15, -0.1) is 0 Å². The zero-order chi connectivity index (χ0) is 13.3. The number of nitrogens with one attached hydrogen (secondary N) is 3. The lowest BCUT2D eigenvalue weighted by molar-refractivity contribution is -0.137. The van der Waals surface area contributed by atoms with Gasteiger partial charge in [-0.25, -0.2) is 0 Å². The Balaban J connectivity index is 2.47. The molecule has 1 fully saturated rings. The highest BCUT2D eigenvalue weighted by atomic mass is 32.1. The molecule has 1 aliphatic rings. The topological polar surface area (TPSA) is 90.5 Å². The molecule has 0 aromatic heterocycles. The Labute approximate surface area is 108 Å². The number of thiocarbonyl (C=S) groups is 1. The third-order valence-electron chi connectivity index (χ3n) is 2.48. The maximum Gasteiger partial charge on any atom is 0.284 e. The fourth-order valence-corrected chi connectivity index (χ4v) is 1.97. The molecule has 2 rings (SSSR count). The second kappa shape index (κ2) is 4.35. The quantitative estimate of drug-likeness (QED) is 0.556. The van der Waals surface area contributed by atoms with E-state index < -0.39 is 11.6 Å². The number of benzene rings is 1. The molecule has 6 nitrogen and oxygen atoms in total. The van der Waals surface area contributed by atoms with Crippen LogP contribution >= 0.6 is 12.2 Å². The molecule has 2 amide bonds. The maximum absolute atomic E-state index is 11.7. The van der Waals surface area contributed by atoms with Crippen molar-refractivity contribution in [1.82, 2.24) is 10.6 Å². The van der Waals surface area contributed by atoms with Crippen LogP contribution in [0, 0.1) is 0 Å². The van der Waals surface area contributed by atoms with Crippen molar-refractivity contribution in [3.05, 3.63) is 29.8 Å². The first-order chi connectivity index (χ1) is 8.43. The standard InChI is InChI=1S/C11H11N3O3S/c1-6(15)12-8-5-3-2-4-7(8)11(17)9(16)13-10(18)14-11/h2-5,17H,1H3,(H,12,15)(H2,13,14,16,18)/t11-/m1/s1. The molecule has 1 atom stereocenters. The summed E-state index contributed by atoms with van der Waals surface area (Å²) in [5, 5.41) is 17.7. The Morgan fingerprint density at radius 2 is 2.11 bits per heavy atom. The van der Waals surface area contributed by atoms with E-state index in [9.17, 15) is 14.7 Å². The third-order valence-corrected chi connectivity index (χ3v) is 2.68. The van der Waals surface area contributed by atoms with Gasteiger partial charge >= 0.3 is 0 Å². The number of para-hydroxylation sites is 1. The van der Waals surface area contributed by atoms with Crippen molar-refractivity contribution in [3.63, 3.8) is 0 Å². The van der Waals surface area contributed by atoms with Crippen LogP contribution in [0.25, 0.3) is 0 Å². The molecule has 0 radical (unpaired) electrons. The van der Waals surface area contributed by atoms with Crippen LogP contribution in [0.2, 0.25) is 0 Å². The van der Waals surface area contributed by atoms with Crippen molar-refractivity contribution in [1.29, 1.82) is 0 Å². The van der Waals surface area contributed by atoms with Gasteiger partial charge in [0.2, 0.25) is 11.6 Å². The SMILES string of the molecule is CC(=O)Nc1ccccc1[C@]1(O)NC(=S)NC1=O. The van der Waals surface area contributed by atoms with E-state index in [0.29, 0.717) is 5.69 Å². The fourth-order valence-electron chi connectivity index (χ4n) is 1.73. The molecule has 7 heteroatoms. The monoisotopic (exact) mass is 265 g/mol. The number of hydrogen-bond acceptors (Lipinski definition) is 4. The average Bonchev–Trinajstić information content (AvgIpc) is 2.53. The summed E-state index contributed by atoms with van der Waals surface area (Å²) in [6, 6.07) is 6.45. The Morgan fingerprint density at radius 1 is 1.44 bits per heavy atom. The average molecular weight is 265 g/mol. The molecule has 1 aromatic rings. The molecular formula is C11H11N3O3S. The van der Waals surface area contributed by atoms with Crippen molar-refractivity contribution >= 4 is 34.8 Å². The van der Waals surface area contributed by atoms with Crippen LogP contribution in [0.4, 0.5) is 5.69 Å². The van der Waals surface area contributed by atoms with Gasteiger partial charge in [-0.05, 0) is 18.3 Å². The first-order valence-corrected chi connectivity index (χ1v) is 5.57. The maximum atomic E-state index is 11.7. The van der Waals surface area contributed by atoms with E-state index in [0.717, 1.165) is 0 Å². The van der Waals surface area contributed by atoms with E-state index in [1.165, 1.54) is 13.0 Å². The van der Waals surface area contributed by atoms with Gasteiger partial charge in [-0.2, -0.15) is 0 Å². The number of carbonyl (C=O) groups is 2. The van der Waals surface area contributed by atoms with E-state index in [-0.39, 0.29) is 16.6 Å². The number of hydrogen-bond donors (Lipinski definition) is 4. The van der Waals surface area contributed by atoms with Crippen molar-refractivity contribution in [2.75, 3.05) is 5.32 Å². The number of anilines is 1. The van der Waals surface area contributed by atoms with Gasteiger partial charge in [0.1, 0.15) is 0 Å². The lowest BCUT2D eigenvalue weighted by Gasteiger charge is -2.22. The number of rotatable bonds is 2. The molecule has 1 heterocycles. The second-order valence-corrected chi connectivity index (χ2v) is 4.25. The summed E-state index contributed by atoms with van der Waals surface area (Å²) >= 11 is 4.79. The van der Waals surface area contributed by atoms with Crippen molar-refractivity contribution < 1.29 is 14.7 Å². The van der Waals surface area contributed by atoms with E-state index in [2.05, 4.69) is 16.0 Å². The molecule has 0 aliphatic carbocycles. The summed E-state index contributed by atoms with van der Waals surface area (Å²) in [5.74, 6) is -0.975. The Morgan fingerprint density at radius 3 is 2.67 bits per heavy atom. The normalized spacial score (nSPS) is 22.3. The predicted octanol–water partition coefficient (Wildman–Crippen LogP) is -0.206. The van der Waals surface area contributed by atoms with Crippen LogP contribution in [0.3, 0.4) is 0 Å². The van der Waals surface area contributed by atoms with Crippen molar-refractivity contribution in [2.24, 2.45) is 0 Å². The lowest BCUT2D eigenvalue weighted by Crippen LogP contribution is -2.44. The molecule has 0 bridgehead atoms. The van der Waals surface area contributed by atoms with Crippen LogP contribution in [-0.4, -0.2) is 22.0 Å². The summed E-state index contributed by atoms with van der Waals surface area (Å²) in [7, 11) is 0. The van der Waals surface area contributed by atoms with Gasteiger partial charge in [0.05, 0.1) is 0 Å². The Bertz CT molecular complexity index is 546. The van der Waals surface area contributed by atoms with Crippen LogP contribution in [0.1, 0.15) is 12.5 Å². The fraction of sp³-hybridized carbons (Fsp3) is 0.182. The van der Waals surface area contributed by atoms with E-state index in [1.54, 1.807) is 18.2 Å². The third kappa shape index (κ3) is 2.05. The van der Waals surface area contributed by atoms with E-state index in [4.69, 9.17) is 12.2 Å². The molecule has 94 valence electrons. The summed E-state index contributed by atoms with van der Waals surface area (Å²) < 4.78 is 0. The van der Waals surface area contributed by atoms with Crippen LogP contribution in [0.5, 0.6) is 0 Å². The summed E-state index contributed by atoms with van der Waals surface area (Å²) in [6.45, 7) is 1.34. The van der Waals surface area contributed by atoms with Gasteiger partial charge in [0, 0.05) is 18.2 Å². The van der Waals surface area contributed by atoms with Gasteiger partial charge < -0.3 is 15.7 Å². The minimum atomic E-state index is -1.96. The van der Waals surface area contributed by atoms with Gasteiger partial charge in [-0.1, -0.05) is 18.2 Å². The highest BCUT2D eigenvalue weighted by Gasteiger charge is 2.46. The minimum absolute atomic E-state index is 0.0418. The zero-order valence-corrected chi connectivity index (χ0v) is 10.3. The van der Waals surface area contributed by atoms with Crippen molar-refractivity contribution in [2.45, 2.75) is 12.6 Å². The van der Waals surface area contributed by atoms with Crippen molar-refractivity contribution in [3.8, 4) is 0 Å². The molecule has 0 saturated carbocycles. The van der Waals surface area contributed by atoms with Gasteiger partial charge in [0.15, 0.2) is 5.11 Å². The zero-order valence-electron chi connectivity index (χ0n) is 9.48. The van der Waals surface area contributed by atoms with Crippen LogP contribution in [0.15, 0.2) is 24.3 Å². The lowest BCUT2D eigenvalue weighted by atomic mass is 10.0. The van der Waals surface area contributed by atoms with Crippen LogP contribution in [-0.2, 0) is 15.3 Å². The Kier molecular flexibility index (Phi) is 3.02. The molecule has 1 aliphatic heterocycles. The number of amides is 2. The van der Waals surface area contributed by atoms with Crippen LogP contribution < -0.4 is 16.0 Å². The summed E-state index contributed by atoms with van der Waals surface area (Å²) in [5.41, 5.74) is -1.38. The first kappa shape index (κ1) is 12.5. The van der Waals surface area contributed by atoms with E-state index >= 15 is 0 Å². The smallest absolute Gasteiger partial charge is 0.284 e. The molecule has 1 aromatic carbocycles. The molecule has 0 spiro atoms. The number of carbonyl (C=O) groups excluding carboxylic acids is 2. The first-order valence-electron chi connectivity index (χ1n) is 5.16. The van der Waals surface area contributed by atoms with E-state index in [1.807, 2.05) is 0 Å². The molecule has 4 N–H and O–H groups in total. The second-order valence-electron chi connectivity index (χ2n) is 3.85. The molecular weight excluding hydrogens is 254 g/mol. The molecule has 0 unspecified atom stereocenters. The highest BCUT2D eigenvalue weighted by molar-refractivity contribution is 7.80. The molecule has 18 heavy (non-hydrogen) atoms.